The van der Waals surface area contributed by atoms with Crippen LogP contribution >= 0.6 is 0 Å². The van der Waals surface area contributed by atoms with E-state index in [2.05, 4.69) is 142 Å². The molecule has 378 valence electrons. The smallest absolute Gasteiger partial charge is 0.306 e. The van der Waals surface area contributed by atoms with Gasteiger partial charge in [-0.25, -0.2) is 0 Å². The Morgan fingerprint density at radius 3 is 0.970 bits per heavy atom. The topological polar surface area (TPSA) is 78.9 Å². The molecule has 0 radical (unpaired) electrons. The number of carbonyl (C=O) groups is 3. The highest BCUT2D eigenvalue weighted by Gasteiger charge is 2.19. The van der Waals surface area contributed by atoms with Gasteiger partial charge in [0.15, 0.2) is 6.10 Å². The molecule has 0 aliphatic carbocycles. The summed E-state index contributed by atoms with van der Waals surface area (Å²) in [6.07, 6.45) is 74.7. The highest BCUT2D eigenvalue weighted by Crippen LogP contribution is 2.14. The summed E-state index contributed by atoms with van der Waals surface area (Å²) in [6.45, 7) is 6.32. The van der Waals surface area contributed by atoms with Crippen LogP contribution in [-0.2, 0) is 28.6 Å². The molecule has 0 aromatic carbocycles. The molecule has 0 N–H and O–H groups in total. The van der Waals surface area contributed by atoms with E-state index in [4.69, 9.17) is 14.2 Å². The van der Waals surface area contributed by atoms with Gasteiger partial charge >= 0.3 is 17.9 Å². The molecule has 0 saturated heterocycles. The summed E-state index contributed by atoms with van der Waals surface area (Å²) >= 11 is 0. The number of rotatable bonds is 47. The van der Waals surface area contributed by atoms with Crippen LogP contribution < -0.4 is 0 Å². The average molecular weight is 927 g/mol. The first kappa shape index (κ1) is 62.8. The molecule has 0 heterocycles. The first-order chi connectivity index (χ1) is 33.0. The van der Waals surface area contributed by atoms with Crippen molar-refractivity contribution in [2.75, 3.05) is 13.2 Å². The van der Waals surface area contributed by atoms with Crippen molar-refractivity contribution >= 4 is 17.9 Å². The molecule has 6 nitrogen and oxygen atoms in total. The summed E-state index contributed by atoms with van der Waals surface area (Å²) < 4.78 is 16.8. The first-order valence-corrected chi connectivity index (χ1v) is 27.0. The molecule has 0 aromatic rings. The fourth-order valence-corrected chi connectivity index (χ4v) is 6.97. The van der Waals surface area contributed by atoms with Crippen LogP contribution in [0.2, 0.25) is 0 Å². The number of hydrogen-bond acceptors (Lipinski definition) is 6. The highest BCUT2D eigenvalue weighted by atomic mass is 16.6. The third-order valence-electron chi connectivity index (χ3n) is 11.0. The van der Waals surface area contributed by atoms with Crippen LogP contribution in [0.15, 0.2) is 122 Å². The Morgan fingerprint density at radius 2 is 0.597 bits per heavy atom. The number of carbonyl (C=O) groups excluding carboxylic acids is 3. The minimum Gasteiger partial charge on any atom is -0.462 e. The minimum absolute atomic E-state index is 0.111. The van der Waals surface area contributed by atoms with Crippen LogP contribution in [0, 0.1) is 0 Å². The Hall–Kier alpha value is -4.19. The second-order valence-electron chi connectivity index (χ2n) is 17.4. The maximum atomic E-state index is 12.8. The minimum atomic E-state index is -0.820. The lowest BCUT2D eigenvalue weighted by molar-refractivity contribution is -0.167. The lowest BCUT2D eigenvalue weighted by Crippen LogP contribution is -2.30. The molecule has 0 saturated carbocycles. The van der Waals surface area contributed by atoms with Gasteiger partial charge in [-0.05, 0) is 103 Å². The second-order valence-corrected chi connectivity index (χ2v) is 17.4. The molecule has 0 bridgehead atoms. The van der Waals surface area contributed by atoms with Gasteiger partial charge in [0.25, 0.3) is 0 Å². The fourth-order valence-electron chi connectivity index (χ4n) is 6.97. The third-order valence-corrected chi connectivity index (χ3v) is 11.0. The quantitative estimate of drug-likeness (QED) is 0.0262. The van der Waals surface area contributed by atoms with Crippen LogP contribution in [0.5, 0.6) is 0 Å². The van der Waals surface area contributed by atoms with E-state index >= 15 is 0 Å². The Kier molecular flexibility index (Phi) is 51.0. The molecule has 0 fully saturated rings. The Morgan fingerprint density at radius 1 is 0.313 bits per heavy atom. The molecule has 0 unspecified atom stereocenters. The van der Waals surface area contributed by atoms with Gasteiger partial charge in [-0.1, -0.05) is 226 Å². The molecule has 0 aliphatic heterocycles. The molecular weight excluding hydrogens is 829 g/mol. The normalized spacial score (nSPS) is 13.1. The van der Waals surface area contributed by atoms with Crippen LogP contribution in [0.4, 0.5) is 0 Å². The molecule has 6 heteroatoms. The number of esters is 3. The van der Waals surface area contributed by atoms with Gasteiger partial charge in [0.05, 0.1) is 0 Å². The van der Waals surface area contributed by atoms with Crippen LogP contribution in [0.25, 0.3) is 0 Å². The Labute approximate surface area is 412 Å². The van der Waals surface area contributed by atoms with Crippen molar-refractivity contribution in [3.8, 4) is 0 Å². The SMILES string of the molecule is CC/C=C\C/C=C\C/C=C\C/C=C\C/C=C\CCCCCC(=O)O[C@H](COC(=O)CCC/C=C\C/C=C\C/C=C\C/C=C\C/C=C\CC)COC(=O)CCCCCCCCCCCCCCC. The van der Waals surface area contributed by atoms with E-state index < -0.39 is 6.10 Å². The van der Waals surface area contributed by atoms with Gasteiger partial charge in [-0.2, -0.15) is 0 Å². The third kappa shape index (κ3) is 52.6. The lowest BCUT2D eigenvalue weighted by atomic mass is 10.0. The standard InChI is InChI=1S/C61H98O6/c1-4-7-10-13-16-19-22-25-27-29-30-32-34-37-40-43-46-49-52-55-61(64)67-58(56-65-59(62)53-50-47-44-41-38-35-24-21-18-15-12-9-6-3)57-66-60(63)54-51-48-45-42-39-36-33-31-28-26-23-20-17-14-11-8-5-2/h7-8,10-11,16-17,19-20,25-28,30,32-33,36-37,40,42,45,58H,4-6,9,12-15,18,21-24,29,31,34-35,38-39,41,43-44,46-57H2,1-3H3/b10-7-,11-8-,19-16-,20-17-,27-25-,28-26-,32-30-,36-33-,40-37-,45-42-/t58-/m0/s1. The van der Waals surface area contributed by atoms with E-state index in [1.165, 1.54) is 64.2 Å². The first-order valence-electron chi connectivity index (χ1n) is 27.0. The zero-order chi connectivity index (χ0) is 48.6. The van der Waals surface area contributed by atoms with Gasteiger partial charge in [0, 0.05) is 19.3 Å². The van der Waals surface area contributed by atoms with Crippen molar-refractivity contribution in [1.82, 2.24) is 0 Å². The predicted octanol–water partition coefficient (Wildman–Crippen LogP) is 18.1. The number of ether oxygens (including phenoxy) is 3. The lowest BCUT2D eigenvalue weighted by Gasteiger charge is -2.18. The fraction of sp³-hybridized carbons (Fsp3) is 0.623. The van der Waals surface area contributed by atoms with E-state index in [9.17, 15) is 14.4 Å². The predicted molar refractivity (Wildman–Crippen MR) is 288 cm³/mol. The monoisotopic (exact) mass is 927 g/mol. The van der Waals surface area contributed by atoms with Crippen LogP contribution in [0.1, 0.15) is 226 Å². The molecule has 67 heavy (non-hydrogen) atoms. The van der Waals surface area contributed by atoms with Crippen molar-refractivity contribution in [1.29, 1.82) is 0 Å². The van der Waals surface area contributed by atoms with Gasteiger partial charge in [0.2, 0.25) is 0 Å². The summed E-state index contributed by atoms with van der Waals surface area (Å²) in [7, 11) is 0. The summed E-state index contributed by atoms with van der Waals surface area (Å²) in [6, 6.07) is 0. The van der Waals surface area contributed by atoms with Gasteiger partial charge in [0.1, 0.15) is 13.2 Å². The average Bonchev–Trinajstić information content (AvgIpc) is 3.33. The van der Waals surface area contributed by atoms with Crippen molar-refractivity contribution in [3.63, 3.8) is 0 Å². The maximum absolute atomic E-state index is 12.8. The summed E-state index contributed by atoms with van der Waals surface area (Å²) in [4.78, 5) is 38.0. The van der Waals surface area contributed by atoms with Gasteiger partial charge in [-0.15, -0.1) is 0 Å². The Balaban J connectivity index is 4.55. The zero-order valence-corrected chi connectivity index (χ0v) is 43.1. The van der Waals surface area contributed by atoms with E-state index in [0.717, 1.165) is 109 Å². The number of allylic oxidation sites excluding steroid dienone is 20. The number of hydrogen-bond donors (Lipinski definition) is 0. The largest absolute Gasteiger partial charge is 0.462 e. The number of unbranched alkanes of at least 4 members (excludes halogenated alkanes) is 16. The molecule has 0 spiro atoms. The maximum Gasteiger partial charge on any atom is 0.306 e. The molecule has 0 rings (SSSR count). The van der Waals surface area contributed by atoms with Crippen molar-refractivity contribution in [3.05, 3.63) is 122 Å². The molecule has 0 amide bonds. The van der Waals surface area contributed by atoms with E-state index in [1.54, 1.807) is 0 Å². The van der Waals surface area contributed by atoms with Gasteiger partial charge in [-0.3, -0.25) is 14.4 Å². The van der Waals surface area contributed by atoms with Crippen molar-refractivity contribution in [2.45, 2.75) is 232 Å². The van der Waals surface area contributed by atoms with Crippen molar-refractivity contribution in [2.24, 2.45) is 0 Å². The van der Waals surface area contributed by atoms with E-state index in [1.807, 2.05) is 0 Å². The van der Waals surface area contributed by atoms with Crippen LogP contribution in [-0.4, -0.2) is 37.2 Å². The van der Waals surface area contributed by atoms with E-state index in [0.29, 0.717) is 19.3 Å². The zero-order valence-electron chi connectivity index (χ0n) is 43.1. The van der Waals surface area contributed by atoms with Crippen LogP contribution in [0.3, 0.4) is 0 Å². The Bertz CT molecular complexity index is 1440. The second kappa shape index (κ2) is 54.4. The molecular formula is C61H98O6. The molecule has 1 atom stereocenters. The molecule has 0 aromatic heterocycles. The molecule has 0 aliphatic rings. The van der Waals surface area contributed by atoms with E-state index in [-0.39, 0.29) is 44.0 Å². The summed E-state index contributed by atoms with van der Waals surface area (Å²) in [5, 5.41) is 0. The highest BCUT2D eigenvalue weighted by molar-refractivity contribution is 5.71. The summed E-state index contributed by atoms with van der Waals surface area (Å²) in [5.74, 6) is -1.01. The van der Waals surface area contributed by atoms with Gasteiger partial charge < -0.3 is 14.2 Å². The summed E-state index contributed by atoms with van der Waals surface area (Å²) in [5.41, 5.74) is 0. The van der Waals surface area contributed by atoms with Crippen molar-refractivity contribution < 1.29 is 28.6 Å².